The Bertz CT molecular complexity index is 276. The minimum absolute atomic E-state index is 0.513. The molecule has 4 nitrogen and oxygen atoms in total. The molecule has 80 valence electrons. The van der Waals surface area contributed by atoms with E-state index in [1.54, 1.807) is 24.7 Å². The molecule has 0 saturated carbocycles. The topological polar surface area (TPSA) is 47.3 Å². The Morgan fingerprint density at radius 2 is 2.29 bits per heavy atom. The maximum atomic E-state index is 9.45. The predicted octanol–water partition coefficient (Wildman–Crippen LogP) is 1.44. The lowest BCUT2D eigenvalue weighted by atomic mass is 10.1. The summed E-state index contributed by atoms with van der Waals surface area (Å²) >= 11 is 0. The highest BCUT2D eigenvalue weighted by Gasteiger charge is 2.12. The van der Waals surface area contributed by atoms with Gasteiger partial charge in [-0.1, -0.05) is 0 Å². The van der Waals surface area contributed by atoms with Crippen LogP contribution in [0.5, 0.6) is 5.75 Å². The van der Waals surface area contributed by atoms with Gasteiger partial charge in [-0.15, -0.1) is 0 Å². The molecule has 0 amide bonds. The highest BCUT2D eigenvalue weighted by atomic mass is 16.5. The van der Waals surface area contributed by atoms with Gasteiger partial charge in [-0.25, -0.2) is 0 Å². The zero-order valence-corrected chi connectivity index (χ0v) is 9.03. The van der Waals surface area contributed by atoms with Crippen molar-refractivity contribution in [2.75, 3.05) is 6.61 Å². The normalized spacial score (nSPS) is 11.7. The van der Waals surface area contributed by atoms with Gasteiger partial charge >= 0.3 is 0 Å². The largest absolute Gasteiger partial charge is 0.490 e. The van der Waals surface area contributed by atoms with Crippen LogP contribution in [0.3, 0.4) is 0 Å². The SMILES string of the molecule is CCn1cc(OCCC(C)(C)O)cn1. The zero-order valence-electron chi connectivity index (χ0n) is 9.03. The van der Waals surface area contributed by atoms with Gasteiger partial charge in [0.25, 0.3) is 0 Å². The molecule has 1 heterocycles. The molecule has 1 aromatic rings. The van der Waals surface area contributed by atoms with Crippen LogP contribution >= 0.6 is 0 Å². The standard InChI is InChI=1S/C10H18N2O2/c1-4-12-8-9(7-11-12)14-6-5-10(2,3)13/h7-8,13H,4-6H2,1-3H3. The van der Waals surface area contributed by atoms with E-state index in [0.717, 1.165) is 12.3 Å². The van der Waals surface area contributed by atoms with Gasteiger partial charge in [0.1, 0.15) is 0 Å². The van der Waals surface area contributed by atoms with Crippen LogP contribution in [-0.2, 0) is 6.54 Å². The highest BCUT2D eigenvalue weighted by molar-refractivity contribution is 5.11. The van der Waals surface area contributed by atoms with Crippen molar-refractivity contribution in [3.63, 3.8) is 0 Å². The molecule has 0 saturated heterocycles. The van der Waals surface area contributed by atoms with E-state index in [1.807, 2.05) is 13.1 Å². The molecular weight excluding hydrogens is 180 g/mol. The van der Waals surface area contributed by atoms with Gasteiger partial charge in [0.15, 0.2) is 5.75 Å². The summed E-state index contributed by atoms with van der Waals surface area (Å²) < 4.78 is 7.23. The minimum Gasteiger partial charge on any atom is -0.490 e. The van der Waals surface area contributed by atoms with Crippen molar-refractivity contribution in [1.82, 2.24) is 9.78 Å². The zero-order chi connectivity index (χ0) is 10.6. The molecule has 0 fully saturated rings. The first kappa shape index (κ1) is 11.0. The second kappa shape index (κ2) is 4.46. The average Bonchev–Trinajstić information content (AvgIpc) is 2.50. The number of hydrogen-bond donors (Lipinski definition) is 1. The molecule has 0 unspecified atom stereocenters. The van der Waals surface area contributed by atoms with E-state index in [2.05, 4.69) is 5.10 Å². The first-order valence-electron chi connectivity index (χ1n) is 4.89. The second-order valence-corrected chi connectivity index (χ2v) is 3.94. The Labute approximate surface area is 84.5 Å². The van der Waals surface area contributed by atoms with Crippen LogP contribution in [0.25, 0.3) is 0 Å². The third-order valence-electron chi connectivity index (χ3n) is 1.92. The summed E-state index contributed by atoms with van der Waals surface area (Å²) in [6, 6.07) is 0. The third kappa shape index (κ3) is 3.79. The van der Waals surface area contributed by atoms with Gasteiger partial charge < -0.3 is 9.84 Å². The molecule has 0 radical (unpaired) electrons. The van der Waals surface area contributed by atoms with Crippen LogP contribution in [0.4, 0.5) is 0 Å². The number of aromatic nitrogens is 2. The van der Waals surface area contributed by atoms with Crippen molar-refractivity contribution < 1.29 is 9.84 Å². The summed E-state index contributed by atoms with van der Waals surface area (Å²) in [6.07, 6.45) is 4.16. The fourth-order valence-electron chi connectivity index (χ4n) is 1.01. The lowest BCUT2D eigenvalue weighted by molar-refractivity contribution is 0.0553. The molecule has 0 atom stereocenters. The van der Waals surface area contributed by atoms with Crippen molar-refractivity contribution in [3.8, 4) is 5.75 Å². The number of nitrogens with zero attached hydrogens (tertiary/aromatic N) is 2. The van der Waals surface area contributed by atoms with Crippen LogP contribution in [0.15, 0.2) is 12.4 Å². The first-order valence-corrected chi connectivity index (χ1v) is 4.89. The molecule has 0 aliphatic rings. The molecule has 4 heteroatoms. The maximum Gasteiger partial charge on any atom is 0.157 e. The van der Waals surface area contributed by atoms with Crippen LogP contribution in [0.2, 0.25) is 0 Å². The predicted molar refractivity (Wildman–Crippen MR) is 54.3 cm³/mol. The van der Waals surface area contributed by atoms with E-state index in [0.29, 0.717) is 13.0 Å². The van der Waals surface area contributed by atoms with E-state index in [-0.39, 0.29) is 0 Å². The summed E-state index contributed by atoms with van der Waals surface area (Å²) in [5, 5.41) is 13.5. The molecule has 1 N–H and O–H groups in total. The Kier molecular flexibility index (Phi) is 3.52. The monoisotopic (exact) mass is 198 g/mol. The number of hydrogen-bond acceptors (Lipinski definition) is 3. The summed E-state index contributed by atoms with van der Waals surface area (Å²) in [7, 11) is 0. The van der Waals surface area contributed by atoms with E-state index in [4.69, 9.17) is 4.74 Å². The van der Waals surface area contributed by atoms with Crippen molar-refractivity contribution in [2.45, 2.75) is 39.3 Å². The fourth-order valence-corrected chi connectivity index (χ4v) is 1.01. The van der Waals surface area contributed by atoms with E-state index < -0.39 is 5.60 Å². The van der Waals surface area contributed by atoms with Crippen LogP contribution in [0.1, 0.15) is 27.2 Å². The second-order valence-electron chi connectivity index (χ2n) is 3.94. The molecule has 0 bridgehead atoms. The average molecular weight is 198 g/mol. The van der Waals surface area contributed by atoms with Gasteiger partial charge in [0.05, 0.1) is 24.6 Å². The first-order chi connectivity index (χ1) is 6.51. The van der Waals surface area contributed by atoms with E-state index in [1.165, 1.54) is 0 Å². The van der Waals surface area contributed by atoms with Crippen LogP contribution in [-0.4, -0.2) is 27.1 Å². The van der Waals surface area contributed by atoms with Crippen molar-refractivity contribution >= 4 is 0 Å². The molecule has 1 rings (SSSR count). The molecule has 0 aliphatic carbocycles. The fraction of sp³-hybridized carbons (Fsp3) is 0.700. The lowest BCUT2D eigenvalue weighted by Gasteiger charge is -2.16. The van der Waals surface area contributed by atoms with Crippen LogP contribution in [0, 0.1) is 0 Å². The van der Waals surface area contributed by atoms with Crippen molar-refractivity contribution in [2.24, 2.45) is 0 Å². The smallest absolute Gasteiger partial charge is 0.157 e. The lowest BCUT2D eigenvalue weighted by Crippen LogP contribution is -2.21. The Morgan fingerprint density at radius 3 is 2.79 bits per heavy atom. The summed E-state index contributed by atoms with van der Waals surface area (Å²) in [5.74, 6) is 0.760. The Morgan fingerprint density at radius 1 is 1.57 bits per heavy atom. The Hall–Kier alpha value is -1.03. The van der Waals surface area contributed by atoms with Gasteiger partial charge in [-0.2, -0.15) is 5.10 Å². The van der Waals surface area contributed by atoms with Crippen molar-refractivity contribution in [1.29, 1.82) is 0 Å². The molecular formula is C10H18N2O2. The van der Waals surface area contributed by atoms with Crippen molar-refractivity contribution in [3.05, 3.63) is 12.4 Å². The van der Waals surface area contributed by atoms with E-state index in [9.17, 15) is 5.11 Å². The molecule has 0 spiro atoms. The number of rotatable bonds is 5. The summed E-state index contributed by atoms with van der Waals surface area (Å²) in [6.45, 7) is 6.92. The van der Waals surface area contributed by atoms with Crippen LogP contribution < -0.4 is 4.74 Å². The molecule has 0 aliphatic heterocycles. The maximum absolute atomic E-state index is 9.45. The van der Waals surface area contributed by atoms with Gasteiger partial charge in [-0.3, -0.25) is 4.68 Å². The molecule has 0 aromatic carbocycles. The van der Waals surface area contributed by atoms with Gasteiger partial charge in [-0.05, 0) is 20.8 Å². The third-order valence-corrected chi connectivity index (χ3v) is 1.92. The summed E-state index contributed by atoms with van der Waals surface area (Å²) in [4.78, 5) is 0. The molecule has 14 heavy (non-hydrogen) atoms. The van der Waals surface area contributed by atoms with E-state index >= 15 is 0 Å². The number of ether oxygens (including phenoxy) is 1. The number of aliphatic hydroxyl groups is 1. The quantitative estimate of drug-likeness (QED) is 0.778. The minimum atomic E-state index is -0.666. The summed E-state index contributed by atoms with van der Waals surface area (Å²) in [5.41, 5.74) is -0.666. The highest BCUT2D eigenvalue weighted by Crippen LogP contribution is 2.11. The van der Waals surface area contributed by atoms with Gasteiger partial charge in [0, 0.05) is 13.0 Å². The number of aryl methyl sites for hydroxylation is 1. The van der Waals surface area contributed by atoms with Gasteiger partial charge in [0.2, 0.25) is 0 Å². The Balaban J connectivity index is 2.31. The molecule has 1 aromatic heterocycles.